The molecule has 194 valence electrons. The quantitative estimate of drug-likeness (QED) is 0.0835. The number of hydrogen-bond donors (Lipinski definition) is 0. The zero-order valence-electron chi connectivity index (χ0n) is 22.1. The van der Waals surface area contributed by atoms with Crippen molar-refractivity contribution in [3.8, 4) is 0 Å². The summed E-state index contributed by atoms with van der Waals surface area (Å²) >= 11 is 0. The van der Waals surface area contributed by atoms with E-state index < -0.39 is 11.9 Å². The molecule has 2 atom stereocenters. The molecule has 0 aliphatic carbocycles. The van der Waals surface area contributed by atoms with Crippen LogP contribution in [-0.2, 0) is 28.5 Å². The molecule has 0 aliphatic rings. The van der Waals surface area contributed by atoms with Gasteiger partial charge in [0.25, 0.3) is 0 Å². The maximum absolute atomic E-state index is 11.7. The molecule has 0 spiro atoms. The van der Waals surface area contributed by atoms with E-state index in [-0.39, 0.29) is 12.8 Å². The normalized spacial score (nSPS) is 12.8. The first-order valence-corrected chi connectivity index (χ1v) is 12.4. The van der Waals surface area contributed by atoms with E-state index in [2.05, 4.69) is 53.7 Å². The first-order valence-electron chi connectivity index (χ1n) is 12.4. The van der Waals surface area contributed by atoms with Gasteiger partial charge in [-0.15, -0.1) is 0 Å². The van der Waals surface area contributed by atoms with Gasteiger partial charge in [-0.2, -0.15) is 0 Å². The molecule has 0 aromatic rings. The molecule has 0 rings (SSSR count). The Morgan fingerprint density at radius 3 is 1.35 bits per heavy atom. The van der Waals surface area contributed by atoms with Crippen LogP contribution in [0.25, 0.3) is 0 Å². The lowest BCUT2D eigenvalue weighted by molar-refractivity contribution is -0.144. The van der Waals surface area contributed by atoms with Gasteiger partial charge < -0.3 is 18.9 Å². The predicted molar refractivity (Wildman–Crippen MR) is 136 cm³/mol. The third kappa shape index (κ3) is 22.7. The Balaban J connectivity index is 3.73. The van der Waals surface area contributed by atoms with Crippen molar-refractivity contribution >= 4 is 11.9 Å². The fourth-order valence-corrected chi connectivity index (χ4v) is 2.88. The van der Waals surface area contributed by atoms with Crippen molar-refractivity contribution < 1.29 is 28.5 Å². The lowest BCUT2D eigenvalue weighted by atomic mass is 10.0. The van der Waals surface area contributed by atoms with E-state index in [1.165, 1.54) is 36.2 Å². The third-order valence-electron chi connectivity index (χ3n) is 5.12. The third-order valence-corrected chi connectivity index (χ3v) is 5.12. The minimum atomic E-state index is -0.519. The van der Waals surface area contributed by atoms with E-state index >= 15 is 0 Å². The van der Waals surface area contributed by atoms with Gasteiger partial charge in [-0.05, 0) is 78.1 Å². The second-order valence-corrected chi connectivity index (χ2v) is 9.27. The Bertz CT molecular complexity index is 608. The van der Waals surface area contributed by atoms with Crippen LogP contribution in [0.4, 0.5) is 0 Å². The number of carbonyl (C=O) groups is 2. The topological polar surface area (TPSA) is 71.1 Å². The van der Waals surface area contributed by atoms with Crippen molar-refractivity contribution in [2.24, 2.45) is 11.8 Å². The highest BCUT2D eigenvalue weighted by Crippen LogP contribution is 2.13. The highest BCUT2D eigenvalue weighted by atomic mass is 16.5. The Morgan fingerprint density at radius 1 is 0.618 bits per heavy atom. The fraction of sp³-hybridized carbons (Fsp3) is 0.643. The summed E-state index contributed by atoms with van der Waals surface area (Å²) < 4.78 is 20.5. The average molecular weight is 479 g/mol. The standard InChI is InChI=1S/C28H46O6/c1-23(2)9-7-11-25(5)15-17-31-19-21-33-27(29)13-14-28(30)34-22-20-32-18-16-26(6)12-8-10-24(3)4/h9-10,19-22,25-26H,7-8,11-18H2,1-6H3/b21-19+,22-20+. The van der Waals surface area contributed by atoms with E-state index in [1.54, 1.807) is 0 Å². The molecule has 34 heavy (non-hydrogen) atoms. The van der Waals surface area contributed by atoms with Crippen molar-refractivity contribution in [2.75, 3.05) is 13.2 Å². The van der Waals surface area contributed by atoms with Gasteiger partial charge in [-0.25, -0.2) is 0 Å². The first-order chi connectivity index (χ1) is 16.2. The number of rotatable bonds is 19. The molecule has 6 nitrogen and oxygen atoms in total. The molecular weight excluding hydrogens is 432 g/mol. The molecule has 0 bridgehead atoms. The first kappa shape index (κ1) is 31.5. The monoisotopic (exact) mass is 478 g/mol. The molecule has 0 heterocycles. The molecule has 2 unspecified atom stereocenters. The van der Waals surface area contributed by atoms with Crippen LogP contribution in [-0.4, -0.2) is 25.2 Å². The fourth-order valence-electron chi connectivity index (χ4n) is 2.88. The van der Waals surface area contributed by atoms with Crippen molar-refractivity contribution in [1.82, 2.24) is 0 Å². The molecule has 0 saturated carbocycles. The van der Waals surface area contributed by atoms with Gasteiger partial charge in [0.05, 0.1) is 26.1 Å². The second-order valence-electron chi connectivity index (χ2n) is 9.27. The Hall–Kier alpha value is -2.50. The van der Waals surface area contributed by atoms with Gasteiger partial charge in [0, 0.05) is 0 Å². The molecule has 0 saturated heterocycles. The van der Waals surface area contributed by atoms with E-state index in [4.69, 9.17) is 18.9 Å². The number of ether oxygens (including phenoxy) is 4. The molecule has 0 amide bonds. The Labute approximate surface area is 207 Å². The van der Waals surface area contributed by atoms with Gasteiger partial charge in [0.15, 0.2) is 0 Å². The van der Waals surface area contributed by atoms with E-state index in [0.29, 0.717) is 25.0 Å². The van der Waals surface area contributed by atoms with E-state index in [9.17, 15) is 9.59 Å². The molecule has 6 heteroatoms. The van der Waals surface area contributed by atoms with Crippen LogP contribution >= 0.6 is 0 Å². The molecule has 0 radical (unpaired) electrons. The highest BCUT2D eigenvalue weighted by molar-refractivity contribution is 5.78. The van der Waals surface area contributed by atoms with Crippen molar-refractivity contribution in [1.29, 1.82) is 0 Å². The van der Waals surface area contributed by atoms with Crippen LogP contribution in [0.2, 0.25) is 0 Å². The molecule has 0 N–H and O–H groups in total. The smallest absolute Gasteiger partial charge is 0.311 e. The number of carbonyl (C=O) groups excluding carboxylic acids is 2. The van der Waals surface area contributed by atoms with Crippen LogP contribution in [0.1, 0.15) is 92.9 Å². The zero-order chi connectivity index (χ0) is 25.6. The van der Waals surface area contributed by atoms with Crippen molar-refractivity contribution in [3.63, 3.8) is 0 Å². The summed E-state index contributed by atoms with van der Waals surface area (Å²) in [6, 6.07) is 0. The molecule has 0 aromatic heterocycles. The molecular formula is C28H46O6. The van der Waals surface area contributed by atoms with Crippen LogP contribution in [0, 0.1) is 11.8 Å². The van der Waals surface area contributed by atoms with Gasteiger partial charge in [-0.1, -0.05) is 37.1 Å². The Morgan fingerprint density at radius 2 is 1.00 bits per heavy atom. The number of hydrogen-bond acceptors (Lipinski definition) is 6. The summed E-state index contributed by atoms with van der Waals surface area (Å²) in [7, 11) is 0. The van der Waals surface area contributed by atoms with Crippen LogP contribution in [0.15, 0.2) is 48.3 Å². The largest absolute Gasteiger partial charge is 0.498 e. The summed E-state index contributed by atoms with van der Waals surface area (Å²) in [5.74, 6) is 0.0970. The predicted octanol–water partition coefficient (Wildman–Crippen LogP) is 7.37. The summed E-state index contributed by atoms with van der Waals surface area (Å²) in [6.45, 7) is 13.9. The summed E-state index contributed by atoms with van der Waals surface area (Å²) in [5, 5.41) is 0. The summed E-state index contributed by atoms with van der Waals surface area (Å²) in [6.07, 6.45) is 15.8. The second kappa shape index (κ2) is 21.1. The van der Waals surface area contributed by atoms with Crippen LogP contribution < -0.4 is 0 Å². The minimum absolute atomic E-state index is 0.0670. The number of allylic oxidation sites excluding steroid dienone is 4. The van der Waals surface area contributed by atoms with Crippen molar-refractivity contribution in [2.45, 2.75) is 92.9 Å². The van der Waals surface area contributed by atoms with Gasteiger partial charge >= 0.3 is 11.9 Å². The lowest BCUT2D eigenvalue weighted by Crippen LogP contribution is -2.06. The molecule has 0 aliphatic heterocycles. The minimum Gasteiger partial charge on any atom is -0.498 e. The maximum Gasteiger partial charge on any atom is 0.311 e. The van der Waals surface area contributed by atoms with Crippen LogP contribution in [0.5, 0.6) is 0 Å². The zero-order valence-corrected chi connectivity index (χ0v) is 22.1. The van der Waals surface area contributed by atoms with Gasteiger partial charge in [-0.3, -0.25) is 9.59 Å². The lowest BCUT2D eigenvalue weighted by Gasteiger charge is -2.09. The highest BCUT2D eigenvalue weighted by Gasteiger charge is 2.07. The summed E-state index contributed by atoms with van der Waals surface area (Å²) in [5.41, 5.74) is 2.68. The maximum atomic E-state index is 11.7. The molecule has 0 aromatic carbocycles. The SMILES string of the molecule is CC(C)=CCCC(C)CCO/C=C/OC(=O)CCC(=O)O/C=C/OCCC(C)CCC=C(C)C. The van der Waals surface area contributed by atoms with Crippen molar-refractivity contribution in [3.05, 3.63) is 48.3 Å². The molecule has 0 fully saturated rings. The van der Waals surface area contributed by atoms with E-state index in [0.717, 1.165) is 38.5 Å². The van der Waals surface area contributed by atoms with Crippen LogP contribution in [0.3, 0.4) is 0 Å². The Kier molecular flexibility index (Phi) is 19.5. The van der Waals surface area contributed by atoms with E-state index in [1.807, 2.05) is 0 Å². The average Bonchev–Trinajstić information content (AvgIpc) is 2.76. The van der Waals surface area contributed by atoms with Gasteiger partial charge in [0.1, 0.15) is 25.0 Å². The van der Waals surface area contributed by atoms with Gasteiger partial charge in [0.2, 0.25) is 0 Å². The number of esters is 2. The summed E-state index contributed by atoms with van der Waals surface area (Å²) in [4.78, 5) is 23.3.